The van der Waals surface area contributed by atoms with Crippen molar-refractivity contribution in [3.63, 3.8) is 0 Å². The number of hydrogen-bond donors (Lipinski definition) is 5. The number of pyridine rings is 1. The molecule has 1 fully saturated rings. The molecule has 0 aliphatic heterocycles. The first-order chi connectivity index (χ1) is 12.5. The average molecular weight is 376 g/mol. The molecule has 6 N–H and O–H groups in total. The molecule has 0 unspecified atom stereocenters. The van der Waals surface area contributed by atoms with Crippen LogP contribution in [0.3, 0.4) is 0 Å². The van der Waals surface area contributed by atoms with Gasteiger partial charge < -0.3 is 26.4 Å². The number of halogens is 1. The molecule has 0 bridgehead atoms. The Morgan fingerprint density at radius 2 is 2.08 bits per heavy atom. The third-order valence-corrected chi connectivity index (χ3v) is 4.51. The predicted octanol–water partition coefficient (Wildman–Crippen LogP) is 0.0215. The third-order valence-electron chi connectivity index (χ3n) is 4.23. The van der Waals surface area contributed by atoms with Gasteiger partial charge in [-0.25, -0.2) is 0 Å². The van der Waals surface area contributed by atoms with E-state index in [1.807, 2.05) is 0 Å². The van der Waals surface area contributed by atoms with E-state index >= 15 is 0 Å². The highest BCUT2D eigenvalue weighted by Gasteiger charge is 2.41. The van der Waals surface area contributed by atoms with Gasteiger partial charge in [0.2, 0.25) is 5.95 Å². The lowest BCUT2D eigenvalue weighted by molar-refractivity contribution is 0.00445. The maximum absolute atomic E-state index is 10.2. The number of rotatable bonds is 3. The highest BCUT2D eigenvalue weighted by atomic mass is 35.5. The number of anilines is 2. The molecule has 3 rings (SSSR count). The van der Waals surface area contributed by atoms with Gasteiger partial charge in [0.1, 0.15) is 17.5 Å². The second-order valence-corrected chi connectivity index (χ2v) is 6.36. The fraction of sp³-hybridized carbons (Fsp3) is 0.353. The van der Waals surface area contributed by atoms with Gasteiger partial charge in [-0.3, -0.25) is 4.98 Å². The molecule has 0 radical (unpaired) electrons. The SMILES string of the molecule is Nc1nc(Cl)c(C#Cc2cccnc2)c(N[C@@H]2C[C@H](CO)[C@@H](O)[C@H]2O)n1. The Morgan fingerprint density at radius 1 is 1.27 bits per heavy atom. The minimum Gasteiger partial charge on any atom is -0.396 e. The van der Waals surface area contributed by atoms with Gasteiger partial charge in [0, 0.05) is 30.5 Å². The molecular formula is C17H18ClN5O3. The second kappa shape index (κ2) is 7.85. The largest absolute Gasteiger partial charge is 0.396 e. The number of aromatic nitrogens is 3. The Morgan fingerprint density at radius 3 is 2.73 bits per heavy atom. The van der Waals surface area contributed by atoms with Crippen molar-refractivity contribution in [2.24, 2.45) is 5.92 Å². The quantitative estimate of drug-likeness (QED) is 0.374. The Hall–Kier alpha value is -2.44. The van der Waals surface area contributed by atoms with Crippen LogP contribution in [-0.4, -0.2) is 55.1 Å². The Kier molecular flexibility index (Phi) is 5.54. The maximum Gasteiger partial charge on any atom is 0.223 e. The van der Waals surface area contributed by atoms with Crippen LogP contribution in [0.2, 0.25) is 5.15 Å². The smallest absolute Gasteiger partial charge is 0.223 e. The van der Waals surface area contributed by atoms with Crippen molar-refractivity contribution < 1.29 is 15.3 Å². The molecule has 2 heterocycles. The van der Waals surface area contributed by atoms with Gasteiger partial charge in [-0.05, 0) is 18.6 Å². The normalized spacial score (nSPS) is 24.8. The van der Waals surface area contributed by atoms with Gasteiger partial charge in [-0.1, -0.05) is 23.4 Å². The van der Waals surface area contributed by atoms with E-state index in [1.165, 1.54) is 0 Å². The van der Waals surface area contributed by atoms with Crippen molar-refractivity contribution in [1.82, 2.24) is 15.0 Å². The minimum absolute atomic E-state index is 0.0452. The molecule has 1 aliphatic rings. The van der Waals surface area contributed by atoms with Gasteiger partial charge in [0.15, 0.2) is 5.15 Å². The number of nitrogen functional groups attached to an aromatic ring is 1. The van der Waals surface area contributed by atoms with E-state index in [2.05, 4.69) is 32.1 Å². The van der Waals surface area contributed by atoms with E-state index in [9.17, 15) is 15.3 Å². The Labute approximate surface area is 155 Å². The number of hydrogen-bond acceptors (Lipinski definition) is 8. The summed E-state index contributed by atoms with van der Waals surface area (Å²) in [6.07, 6.45) is 1.51. The summed E-state index contributed by atoms with van der Waals surface area (Å²) in [5, 5.41) is 32.5. The van der Waals surface area contributed by atoms with E-state index in [4.69, 9.17) is 17.3 Å². The summed E-state index contributed by atoms with van der Waals surface area (Å²) >= 11 is 6.17. The lowest BCUT2D eigenvalue weighted by Gasteiger charge is -2.19. The van der Waals surface area contributed by atoms with Crippen LogP contribution in [0.5, 0.6) is 0 Å². The molecule has 8 nitrogen and oxygen atoms in total. The summed E-state index contributed by atoms with van der Waals surface area (Å²) in [4.78, 5) is 12.0. The highest BCUT2D eigenvalue weighted by Crippen LogP contribution is 2.30. The summed E-state index contributed by atoms with van der Waals surface area (Å²) < 4.78 is 0. The maximum atomic E-state index is 10.2. The first kappa shape index (κ1) is 18.4. The zero-order chi connectivity index (χ0) is 18.7. The van der Waals surface area contributed by atoms with E-state index in [0.29, 0.717) is 17.5 Å². The molecule has 2 aromatic heterocycles. The number of nitrogens with one attached hydrogen (secondary N) is 1. The van der Waals surface area contributed by atoms with Crippen LogP contribution in [-0.2, 0) is 0 Å². The number of aliphatic hydroxyl groups excluding tert-OH is 3. The van der Waals surface area contributed by atoms with Gasteiger partial charge in [0.25, 0.3) is 0 Å². The monoisotopic (exact) mass is 375 g/mol. The van der Waals surface area contributed by atoms with Crippen LogP contribution >= 0.6 is 11.6 Å². The summed E-state index contributed by atoms with van der Waals surface area (Å²) in [6, 6.07) is 3.02. The van der Waals surface area contributed by atoms with Crippen molar-refractivity contribution in [2.75, 3.05) is 17.7 Å². The third kappa shape index (κ3) is 3.86. The molecule has 26 heavy (non-hydrogen) atoms. The molecule has 2 aromatic rings. The van der Waals surface area contributed by atoms with Crippen LogP contribution in [0, 0.1) is 17.8 Å². The highest BCUT2D eigenvalue weighted by molar-refractivity contribution is 6.31. The lowest BCUT2D eigenvalue weighted by Crippen LogP contribution is -2.35. The van der Waals surface area contributed by atoms with Gasteiger partial charge in [0.05, 0.1) is 12.1 Å². The van der Waals surface area contributed by atoms with Gasteiger partial charge in [-0.15, -0.1) is 0 Å². The number of nitrogens with zero attached hydrogens (tertiary/aromatic N) is 3. The molecule has 136 valence electrons. The molecule has 4 atom stereocenters. The van der Waals surface area contributed by atoms with Crippen LogP contribution in [0.25, 0.3) is 0 Å². The summed E-state index contributed by atoms with van der Waals surface area (Å²) in [5.74, 6) is 5.59. The zero-order valence-electron chi connectivity index (χ0n) is 13.7. The van der Waals surface area contributed by atoms with Crippen molar-refractivity contribution in [3.8, 4) is 11.8 Å². The molecule has 0 saturated heterocycles. The van der Waals surface area contributed by atoms with Crippen molar-refractivity contribution >= 4 is 23.4 Å². The molecule has 1 saturated carbocycles. The van der Waals surface area contributed by atoms with E-state index in [0.717, 1.165) is 0 Å². The molecule has 0 aromatic carbocycles. The molecule has 1 aliphatic carbocycles. The van der Waals surface area contributed by atoms with Crippen LogP contribution in [0.15, 0.2) is 24.5 Å². The Bertz CT molecular complexity index is 840. The van der Waals surface area contributed by atoms with Gasteiger partial charge in [-0.2, -0.15) is 9.97 Å². The van der Waals surface area contributed by atoms with E-state index < -0.39 is 24.2 Å². The van der Waals surface area contributed by atoms with Crippen LogP contribution in [0.1, 0.15) is 17.5 Å². The second-order valence-electron chi connectivity index (χ2n) is 6.00. The van der Waals surface area contributed by atoms with E-state index in [-0.39, 0.29) is 23.5 Å². The summed E-state index contributed by atoms with van der Waals surface area (Å²) in [6.45, 7) is -0.225. The number of nitrogens with two attached hydrogens (primary N) is 1. The molecule has 9 heteroatoms. The van der Waals surface area contributed by atoms with Crippen molar-refractivity contribution in [2.45, 2.75) is 24.7 Å². The van der Waals surface area contributed by atoms with Crippen LogP contribution < -0.4 is 11.1 Å². The van der Waals surface area contributed by atoms with Crippen LogP contribution in [0.4, 0.5) is 11.8 Å². The standard InChI is InChI=1S/C17H18ClN5O3/c18-15-11(4-3-9-2-1-5-20-7-9)16(23-17(19)22-15)21-12-6-10(8-24)13(25)14(12)26/h1-2,5,7,10,12-14,24-26H,6,8H2,(H3,19,21,22,23)/t10-,12-,13-,14+/m1/s1. The first-order valence-electron chi connectivity index (χ1n) is 7.98. The first-order valence-corrected chi connectivity index (χ1v) is 8.36. The summed E-state index contributed by atoms with van der Waals surface area (Å²) in [7, 11) is 0. The topological polar surface area (TPSA) is 137 Å². The zero-order valence-corrected chi connectivity index (χ0v) is 14.4. The van der Waals surface area contributed by atoms with Crippen molar-refractivity contribution in [3.05, 3.63) is 40.8 Å². The Balaban J connectivity index is 1.91. The fourth-order valence-corrected chi connectivity index (χ4v) is 3.08. The molecule has 0 amide bonds. The molecule has 0 spiro atoms. The summed E-state index contributed by atoms with van der Waals surface area (Å²) in [5.41, 5.74) is 6.67. The van der Waals surface area contributed by atoms with Crippen molar-refractivity contribution in [1.29, 1.82) is 0 Å². The fourth-order valence-electron chi connectivity index (χ4n) is 2.86. The predicted molar refractivity (Wildman–Crippen MR) is 96.3 cm³/mol. The van der Waals surface area contributed by atoms with Gasteiger partial charge >= 0.3 is 0 Å². The van der Waals surface area contributed by atoms with E-state index in [1.54, 1.807) is 24.5 Å². The average Bonchev–Trinajstić information content (AvgIpc) is 2.89. The number of aliphatic hydroxyl groups is 3. The molecular weight excluding hydrogens is 358 g/mol. The lowest BCUT2D eigenvalue weighted by atomic mass is 10.1. The minimum atomic E-state index is -1.07.